The summed E-state index contributed by atoms with van der Waals surface area (Å²) in [6.07, 6.45) is 1.70. The predicted molar refractivity (Wildman–Crippen MR) is 73.7 cm³/mol. The van der Waals surface area contributed by atoms with Crippen molar-refractivity contribution in [2.75, 3.05) is 5.73 Å². The molecular formula is C14H13N5. The molecule has 0 amide bonds. The summed E-state index contributed by atoms with van der Waals surface area (Å²) in [5, 5.41) is 8.08. The molecule has 5 nitrogen and oxygen atoms in total. The Morgan fingerprint density at radius 3 is 2.58 bits per heavy atom. The highest BCUT2D eigenvalue weighted by Gasteiger charge is 2.10. The number of benzene rings is 1. The van der Waals surface area contributed by atoms with Crippen molar-refractivity contribution in [3.63, 3.8) is 0 Å². The van der Waals surface area contributed by atoms with Crippen molar-refractivity contribution in [3.8, 4) is 17.1 Å². The van der Waals surface area contributed by atoms with E-state index in [-0.39, 0.29) is 0 Å². The highest BCUT2D eigenvalue weighted by atomic mass is 15.4. The van der Waals surface area contributed by atoms with E-state index in [1.165, 1.54) is 0 Å². The van der Waals surface area contributed by atoms with Gasteiger partial charge in [0, 0.05) is 0 Å². The van der Waals surface area contributed by atoms with Gasteiger partial charge in [0.25, 0.3) is 0 Å². The van der Waals surface area contributed by atoms with Crippen LogP contribution in [0.1, 0.15) is 5.69 Å². The minimum atomic E-state index is 0.683. The van der Waals surface area contributed by atoms with Gasteiger partial charge >= 0.3 is 0 Å². The summed E-state index contributed by atoms with van der Waals surface area (Å²) in [5.74, 6) is 0. The maximum Gasteiger partial charge on any atom is 0.113 e. The predicted octanol–water partition coefficient (Wildman–Crippen LogP) is 2.22. The van der Waals surface area contributed by atoms with Crippen molar-refractivity contribution < 1.29 is 0 Å². The van der Waals surface area contributed by atoms with Crippen LogP contribution in [0.4, 0.5) is 5.69 Å². The lowest BCUT2D eigenvalue weighted by Gasteiger charge is -2.07. The fourth-order valence-electron chi connectivity index (χ4n) is 1.88. The van der Waals surface area contributed by atoms with E-state index in [1.54, 1.807) is 10.9 Å². The molecule has 0 aliphatic rings. The van der Waals surface area contributed by atoms with Crippen LogP contribution >= 0.6 is 0 Å². The van der Waals surface area contributed by atoms with Crippen molar-refractivity contribution in [2.45, 2.75) is 6.92 Å². The van der Waals surface area contributed by atoms with Gasteiger partial charge in [-0.2, -0.15) is 0 Å². The second-order valence-corrected chi connectivity index (χ2v) is 4.24. The first-order chi connectivity index (χ1) is 9.25. The minimum absolute atomic E-state index is 0.683. The molecule has 0 fully saturated rings. The molecule has 94 valence electrons. The molecule has 1 aromatic carbocycles. The lowest BCUT2D eigenvalue weighted by Crippen LogP contribution is -2.01. The Morgan fingerprint density at radius 1 is 1.05 bits per heavy atom. The van der Waals surface area contributed by atoms with Gasteiger partial charge in [0.15, 0.2) is 0 Å². The van der Waals surface area contributed by atoms with Crippen molar-refractivity contribution in [3.05, 3.63) is 54.4 Å². The highest BCUT2D eigenvalue weighted by Crippen LogP contribution is 2.21. The van der Waals surface area contributed by atoms with Gasteiger partial charge in [0.05, 0.1) is 29.0 Å². The standard InChI is InChI=1S/C14H13N5/c1-10-12(15)7-8-13(17-10)14-9-16-18-19(14)11-5-3-2-4-6-11/h2-9H,15H2,1H3. The van der Waals surface area contributed by atoms with E-state index < -0.39 is 0 Å². The van der Waals surface area contributed by atoms with Gasteiger partial charge in [-0.3, -0.25) is 0 Å². The Labute approximate surface area is 110 Å². The molecule has 0 saturated carbocycles. The van der Waals surface area contributed by atoms with E-state index in [4.69, 9.17) is 5.73 Å². The number of pyridine rings is 1. The van der Waals surface area contributed by atoms with Crippen LogP contribution in [0.5, 0.6) is 0 Å². The zero-order chi connectivity index (χ0) is 13.2. The van der Waals surface area contributed by atoms with Crippen molar-refractivity contribution in [1.29, 1.82) is 0 Å². The third-order valence-electron chi connectivity index (χ3n) is 2.94. The molecule has 3 rings (SSSR count). The number of rotatable bonds is 2. The number of para-hydroxylation sites is 1. The maximum atomic E-state index is 5.79. The van der Waals surface area contributed by atoms with Gasteiger partial charge in [-0.25, -0.2) is 9.67 Å². The monoisotopic (exact) mass is 251 g/mol. The van der Waals surface area contributed by atoms with Crippen molar-refractivity contribution >= 4 is 5.69 Å². The summed E-state index contributed by atoms with van der Waals surface area (Å²) in [7, 11) is 0. The molecule has 5 heteroatoms. The van der Waals surface area contributed by atoms with E-state index in [0.29, 0.717) is 5.69 Å². The number of anilines is 1. The van der Waals surface area contributed by atoms with Gasteiger partial charge in [-0.15, -0.1) is 5.10 Å². The number of nitrogens with zero attached hydrogens (tertiary/aromatic N) is 4. The third kappa shape index (κ3) is 2.06. The van der Waals surface area contributed by atoms with Gasteiger partial charge in [-0.1, -0.05) is 23.4 Å². The van der Waals surface area contributed by atoms with E-state index in [9.17, 15) is 0 Å². The van der Waals surface area contributed by atoms with Gasteiger partial charge in [-0.05, 0) is 31.2 Å². The molecule has 3 aromatic rings. The number of nitrogen functional groups attached to an aromatic ring is 1. The molecule has 0 saturated heterocycles. The topological polar surface area (TPSA) is 69.6 Å². The van der Waals surface area contributed by atoms with Crippen LogP contribution in [-0.4, -0.2) is 20.0 Å². The van der Waals surface area contributed by atoms with Crippen LogP contribution in [0, 0.1) is 6.92 Å². The summed E-state index contributed by atoms with van der Waals surface area (Å²) in [5.41, 5.74) is 9.88. The maximum absolute atomic E-state index is 5.79. The Balaban J connectivity index is 2.12. The normalized spacial score (nSPS) is 10.6. The third-order valence-corrected chi connectivity index (χ3v) is 2.94. The smallest absolute Gasteiger partial charge is 0.113 e. The van der Waals surface area contributed by atoms with Gasteiger partial charge in [0.1, 0.15) is 5.69 Å². The largest absolute Gasteiger partial charge is 0.397 e. The van der Waals surface area contributed by atoms with Gasteiger partial charge in [0.2, 0.25) is 0 Å². The molecule has 0 aliphatic heterocycles. The van der Waals surface area contributed by atoms with Crippen LogP contribution in [0.3, 0.4) is 0 Å². The molecule has 2 heterocycles. The van der Waals surface area contributed by atoms with E-state index in [2.05, 4.69) is 15.3 Å². The zero-order valence-electron chi connectivity index (χ0n) is 10.5. The number of hydrogen-bond donors (Lipinski definition) is 1. The quantitative estimate of drug-likeness (QED) is 0.758. The molecule has 0 aliphatic carbocycles. The highest BCUT2D eigenvalue weighted by molar-refractivity contribution is 5.59. The summed E-state index contributed by atoms with van der Waals surface area (Å²) < 4.78 is 1.76. The fraction of sp³-hybridized carbons (Fsp3) is 0.0714. The SMILES string of the molecule is Cc1nc(-c2cnnn2-c2ccccc2)ccc1N. The Morgan fingerprint density at radius 2 is 1.84 bits per heavy atom. The average molecular weight is 251 g/mol. The van der Waals surface area contributed by atoms with Crippen LogP contribution in [0.15, 0.2) is 48.7 Å². The number of hydrogen-bond acceptors (Lipinski definition) is 4. The Kier molecular flexibility index (Phi) is 2.72. The Hall–Kier alpha value is -2.69. The second-order valence-electron chi connectivity index (χ2n) is 4.24. The van der Waals surface area contributed by atoms with Crippen LogP contribution in [0.2, 0.25) is 0 Å². The summed E-state index contributed by atoms with van der Waals surface area (Å²) in [6, 6.07) is 13.6. The number of aryl methyl sites for hydroxylation is 1. The molecule has 0 atom stereocenters. The molecule has 19 heavy (non-hydrogen) atoms. The molecule has 2 N–H and O–H groups in total. The Bertz CT molecular complexity index is 703. The van der Waals surface area contributed by atoms with E-state index in [0.717, 1.165) is 22.8 Å². The molecular weight excluding hydrogens is 238 g/mol. The van der Waals surface area contributed by atoms with Crippen LogP contribution < -0.4 is 5.73 Å². The first-order valence-corrected chi connectivity index (χ1v) is 5.95. The number of nitrogens with two attached hydrogens (primary N) is 1. The summed E-state index contributed by atoms with van der Waals surface area (Å²) in [4.78, 5) is 4.48. The average Bonchev–Trinajstić information content (AvgIpc) is 2.92. The molecule has 0 radical (unpaired) electrons. The summed E-state index contributed by atoms with van der Waals surface area (Å²) >= 11 is 0. The van der Waals surface area contributed by atoms with E-state index >= 15 is 0 Å². The van der Waals surface area contributed by atoms with Gasteiger partial charge < -0.3 is 5.73 Å². The lowest BCUT2D eigenvalue weighted by molar-refractivity contribution is 0.806. The molecule has 2 aromatic heterocycles. The first kappa shape index (κ1) is 11.4. The summed E-state index contributed by atoms with van der Waals surface area (Å²) in [6.45, 7) is 1.88. The number of aromatic nitrogens is 4. The van der Waals surface area contributed by atoms with Crippen molar-refractivity contribution in [2.24, 2.45) is 0 Å². The lowest BCUT2D eigenvalue weighted by atomic mass is 10.2. The molecule has 0 spiro atoms. The fourth-order valence-corrected chi connectivity index (χ4v) is 1.88. The molecule has 0 unspecified atom stereocenters. The minimum Gasteiger partial charge on any atom is -0.397 e. The molecule has 0 bridgehead atoms. The van der Waals surface area contributed by atoms with Crippen molar-refractivity contribution in [1.82, 2.24) is 20.0 Å². The zero-order valence-corrected chi connectivity index (χ0v) is 10.5. The van der Waals surface area contributed by atoms with Crippen LogP contribution in [-0.2, 0) is 0 Å². The second kappa shape index (κ2) is 4.53. The van der Waals surface area contributed by atoms with Crippen LogP contribution in [0.25, 0.3) is 17.1 Å². The van der Waals surface area contributed by atoms with E-state index in [1.807, 2.05) is 49.4 Å². The first-order valence-electron chi connectivity index (χ1n) is 5.95.